The van der Waals surface area contributed by atoms with Crippen LogP contribution in [-0.4, -0.2) is 21.2 Å². The summed E-state index contributed by atoms with van der Waals surface area (Å²) in [6, 6.07) is 3.10. The molecule has 0 aliphatic heterocycles. The second-order valence-corrected chi connectivity index (χ2v) is 5.28. The third-order valence-corrected chi connectivity index (χ3v) is 3.90. The van der Waals surface area contributed by atoms with Crippen molar-refractivity contribution in [3.05, 3.63) is 46.7 Å². The van der Waals surface area contributed by atoms with E-state index in [4.69, 9.17) is 10.9 Å². The molecule has 0 unspecified atom stereocenters. The molecule has 110 valence electrons. The lowest BCUT2D eigenvalue weighted by Gasteiger charge is -2.11. The molecule has 0 saturated heterocycles. The van der Waals surface area contributed by atoms with Crippen molar-refractivity contribution in [2.24, 2.45) is 10.9 Å². The molecule has 1 aromatic carbocycles. The van der Waals surface area contributed by atoms with Gasteiger partial charge in [-0.25, -0.2) is 8.78 Å². The molecule has 0 saturated carbocycles. The molecule has 0 spiro atoms. The molecule has 0 amide bonds. The van der Waals surface area contributed by atoms with Gasteiger partial charge in [-0.15, -0.1) is 5.10 Å². The molecule has 0 radical (unpaired) electrons. The number of amidine groups is 1. The first kappa shape index (κ1) is 15.2. The summed E-state index contributed by atoms with van der Waals surface area (Å²) in [5, 5.41) is 19.9. The van der Waals surface area contributed by atoms with E-state index in [1.807, 2.05) is 0 Å². The third-order valence-electron chi connectivity index (χ3n) is 2.89. The molecule has 5 nitrogen and oxygen atoms in total. The summed E-state index contributed by atoms with van der Waals surface area (Å²) >= 11 is 0.861. The Morgan fingerprint density at radius 2 is 2.00 bits per heavy atom. The Balaban J connectivity index is 2.54. The largest absolute Gasteiger partial charge is 0.409 e. The normalized spacial score (nSPS) is 11.7. The number of nitrogens with zero attached hydrogens (tertiary/aromatic N) is 3. The van der Waals surface area contributed by atoms with Crippen LogP contribution in [0.5, 0.6) is 0 Å². The van der Waals surface area contributed by atoms with Crippen LogP contribution in [0, 0.1) is 25.5 Å². The minimum Gasteiger partial charge on any atom is -0.409 e. The van der Waals surface area contributed by atoms with E-state index in [9.17, 15) is 8.78 Å². The van der Waals surface area contributed by atoms with E-state index < -0.39 is 11.6 Å². The second kappa shape index (κ2) is 6.04. The number of nitrogens with two attached hydrogens (primary N) is 1. The van der Waals surface area contributed by atoms with E-state index in [0.717, 1.165) is 30.0 Å². The van der Waals surface area contributed by atoms with E-state index in [0.29, 0.717) is 16.8 Å². The van der Waals surface area contributed by atoms with Crippen molar-refractivity contribution in [3.8, 4) is 0 Å². The Hall–Kier alpha value is -2.22. The fraction of sp³-hybridized carbons (Fsp3) is 0.154. The Labute approximate surface area is 123 Å². The van der Waals surface area contributed by atoms with Crippen molar-refractivity contribution >= 4 is 17.6 Å². The number of halogens is 2. The molecule has 0 aliphatic carbocycles. The average molecular weight is 310 g/mol. The smallest absolute Gasteiger partial charge is 0.173 e. The zero-order valence-electron chi connectivity index (χ0n) is 11.3. The zero-order chi connectivity index (χ0) is 15.6. The lowest BCUT2D eigenvalue weighted by atomic mass is 10.1. The molecular weight excluding hydrogens is 298 g/mol. The second-order valence-electron chi connectivity index (χ2n) is 4.25. The maximum atomic E-state index is 13.7. The van der Waals surface area contributed by atoms with E-state index in [1.165, 1.54) is 0 Å². The van der Waals surface area contributed by atoms with Crippen molar-refractivity contribution < 1.29 is 14.0 Å². The highest BCUT2D eigenvalue weighted by molar-refractivity contribution is 7.99. The molecule has 0 atom stereocenters. The topological polar surface area (TPSA) is 84.4 Å². The summed E-state index contributed by atoms with van der Waals surface area (Å²) in [7, 11) is 0. The summed E-state index contributed by atoms with van der Waals surface area (Å²) in [5.74, 6) is -1.32. The molecule has 0 bridgehead atoms. The van der Waals surface area contributed by atoms with Gasteiger partial charge in [-0.2, -0.15) is 5.10 Å². The summed E-state index contributed by atoms with van der Waals surface area (Å²) in [6.45, 7) is 3.44. The van der Waals surface area contributed by atoms with Gasteiger partial charge < -0.3 is 10.9 Å². The predicted molar refractivity (Wildman–Crippen MR) is 74.5 cm³/mol. The van der Waals surface area contributed by atoms with Gasteiger partial charge in [0.25, 0.3) is 0 Å². The van der Waals surface area contributed by atoms with Crippen molar-refractivity contribution in [3.63, 3.8) is 0 Å². The Morgan fingerprint density at radius 1 is 1.29 bits per heavy atom. The van der Waals surface area contributed by atoms with Crippen molar-refractivity contribution in [1.82, 2.24) is 10.2 Å². The van der Waals surface area contributed by atoms with E-state index >= 15 is 0 Å². The zero-order valence-corrected chi connectivity index (χ0v) is 12.1. The lowest BCUT2D eigenvalue weighted by Crippen LogP contribution is -2.18. The van der Waals surface area contributed by atoms with Gasteiger partial charge in [-0.05, 0) is 37.6 Å². The molecular formula is C13H12F2N4OS. The van der Waals surface area contributed by atoms with Crippen LogP contribution < -0.4 is 5.73 Å². The summed E-state index contributed by atoms with van der Waals surface area (Å²) in [5.41, 5.74) is 7.23. The number of hydrogen-bond acceptors (Lipinski definition) is 5. The lowest BCUT2D eigenvalue weighted by molar-refractivity contribution is 0.318. The van der Waals surface area contributed by atoms with Crippen LogP contribution in [0.25, 0.3) is 0 Å². The number of rotatable bonds is 3. The van der Waals surface area contributed by atoms with Crippen LogP contribution in [0.1, 0.15) is 16.8 Å². The molecule has 1 aromatic heterocycles. The van der Waals surface area contributed by atoms with Crippen molar-refractivity contribution in [1.29, 1.82) is 0 Å². The number of oxime groups is 1. The first-order valence-corrected chi connectivity index (χ1v) is 6.70. The summed E-state index contributed by atoms with van der Waals surface area (Å²) in [4.78, 5) is 0.0412. The highest BCUT2D eigenvalue weighted by Gasteiger charge is 2.18. The van der Waals surface area contributed by atoms with Crippen LogP contribution in [0.3, 0.4) is 0 Å². The van der Waals surface area contributed by atoms with Crippen molar-refractivity contribution in [2.75, 3.05) is 0 Å². The van der Waals surface area contributed by atoms with Gasteiger partial charge in [0.2, 0.25) is 0 Å². The molecule has 0 aliphatic rings. The third kappa shape index (κ3) is 3.10. The Kier molecular flexibility index (Phi) is 4.37. The fourth-order valence-electron chi connectivity index (χ4n) is 1.67. The maximum Gasteiger partial charge on any atom is 0.173 e. The fourth-order valence-corrected chi connectivity index (χ4v) is 2.66. The van der Waals surface area contributed by atoms with Gasteiger partial charge in [-0.3, -0.25) is 0 Å². The van der Waals surface area contributed by atoms with Crippen LogP contribution >= 0.6 is 11.8 Å². The van der Waals surface area contributed by atoms with Crippen LogP contribution in [0.4, 0.5) is 8.78 Å². The maximum absolute atomic E-state index is 13.7. The van der Waals surface area contributed by atoms with Gasteiger partial charge >= 0.3 is 0 Å². The van der Waals surface area contributed by atoms with Gasteiger partial charge in [0.1, 0.15) is 16.7 Å². The first-order chi connectivity index (χ1) is 9.93. The average Bonchev–Trinajstić information content (AvgIpc) is 2.46. The number of hydrogen-bond donors (Lipinski definition) is 2. The highest BCUT2D eigenvalue weighted by Crippen LogP contribution is 2.32. The standard InChI is InChI=1S/C13H12F2N4OS/c1-6-7(2)17-18-13(11(6)12(16)19-20)21-10-5-8(14)3-4-9(10)15/h3-5,20H,1-2H3,(H2,16,19). The van der Waals surface area contributed by atoms with Gasteiger partial charge in [0.05, 0.1) is 16.2 Å². The SMILES string of the molecule is Cc1nnc(Sc2cc(F)ccc2F)c(/C(N)=N/O)c1C. The van der Waals surface area contributed by atoms with Gasteiger partial charge in [0, 0.05) is 0 Å². The molecule has 1 heterocycles. The van der Waals surface area contributed by atoms with Crippen LogP contribution in [-0.2, 0) is 0 Å². The summed E-state index contributed by atoms with van der Waals surface area (Å²) in [6.07, 6.45) is 0. The number of aryl methyl sites for hydroxylation is 1. The minimum absolute atomic E-state index is 0.0412. The van der Waals surface area contributed by atoms with E-state index in [-0.39, 0.29) is 15.8 Å². The van der Waals surface area contributed by atoms with Gasteiger partial charge in [0.15, 0.2) is 5.84 Å². The summed E-state index contributed by atoms with van der Waals surface area (Å²) < 4.78 is 26.9. The first-order valence-electron chi connectivity index (χ1n) is 5.88. The van der Waals surface area contributed by atoms with Crippen molar-refractivity contribution in [2.45, 2.75) is 23.8 Å². The number of benzene rings is 1. The van der Waals surface area contributed by atoms with Crippen LogP contribution in [0.15, 0.2) is 33.3 Å². The van der Waals surface area contributed by atoms with E-state index in [2.05, 4.69) is 15.4 Å². The Bertz CT molecular complexity index is 722. The quantitative estimate of drug-likeness (QED) is 0.394. The highest BCUT2D eigenvalue weighted by atomic mass is 32.2. The van der Waals surface area contributed by atoms with Crippen LogP contribution in [0.2, 0.25) is 0 Å². The molecule has 8 heteroatoms. The molecule has 3 N–H and O–H groups in total. The van der Waals surface area contributed by atoms with E-state index in [1.54, 1.807) is 13.8 Å². The molecule has 0 fully saturated rings. The predicted octanol–water partition coefficient (Wildman–Crippen LogP) is 2.62. The monoisotopic (exact) mass is 310 g/mol. The molecule has 21 heavy (non-hydrogen) atoms. The molecule has 2 aromatic rings. The number of aromatic nitrogens is 2. The Morgan fingerprint density at radius 3 is 2.67 bits per heavy atom. The van der Waals surface area contributed by atoms with Gasteiger partial charge in [-0.1, -0.05) is 16.9 Å². The molecule has 2 rings (SSSR count). The minimum atomic E-state index is -0.591.